The topological polar surface area (TPSA) is 132 Å². The summed E-state index contributed by atoms with van der Waals surface area (Å²) in [4.78, 5) is 43.3. The maximum atomic E-state index is 10.3. The van der Waals surface area contributed by atoms with Crippen LogP contribution in [0.3, 0.4) is 0 Å². The van der Waals surface area contributed by atoms with Crippen LogP contribution >= 0.6 is 0 Å². The molecule has 0 aliphatic heterocycles. The van der Waals surface area contributed by atoms with E-state index in [1.807, 2.05) is 13.8 Å². The van der Waals surface area contributed by atoms with Crippen LogP contribution in [0.25, 0.3) is 0 Å². The molecule has 0 aromatic heterocycles. The zero-order chi connectivity index (χ0) is 11.2. The monoisotopic (exact) mass is 237 g/mol. The molecule has 0 heterocycles. The fourth-order valence-electron chi connectivity index (χ4n) is 0.285. The predicted octanol–water partition coefficient (Wildman–Crippen LogP) is -7.20. The molecule has 0 unspecified atom stereocenters. The van der Waals surface area contributed by atoms with Crippen LogP contribution in [0.2, 0.25) is 0 Å². The van der Waals surface area contributed by atoms with Crippen LogP contribution in [0, 0.1) is 5.92 Å². The first kappa shape index (κ1) is 24.7. The molecule has 0 spiro atoms. The van der Waals surface area contributed by atoms with Crippen molar-refractivity contribution in [1.82, 2.24) is 0 Å². The minimum absolute atomic E-state index is 0. The van der Waals surface area contributed by atoms with Crippen LogP contribution in [-0.4, -0.2) is 42.8 Å². The van der Waals surface area contributed by atoms with Crippen molar-refractivity contribution < 1.29 is 42.8 Å². The number of hydrogen-bond acceptors (Lipinski definition) is 5. The molecule has 0 fully saturated rings. The van der Waals surface area contributed by atoms with Crippen LogP contribution in [0.4, 0.5) is 0 Å². The van der Waals surface area contributed by atoms with Crippen molar-refractivity contribution in [3.63, 3.8) is 0 Å². The van der Waals surface area contributed by atoms with Crippen LogP contribution < -0.4 is 39.0 Å². The summed E-state index contributed by atoms with van der Waals surface area (Å²) in [6.45, 7) is 7.24. The minimum atomic E-state index is -5.36. The average Bonchev–Trinajstić information content (AvgIpc) is 1.81. The summed E-state index contributed by atoms with van der Waals surface area (Å²) in [5.74, 6) is -0.229. The Kier molecular flexibility index (Phi) is 18.3. The Morgan fingerprint density at radius 3 is 1.60 bits per heavy atom. The molecule has 0 aliphatic carbocycles. The van der Waals surface area contributed by atoms with Gasteiger partial charge in [0.1, 0.15) is 0 Å². The van der Waals surface area contributed by atoms with Gasteiger partial charge in [-0.1, -0.05) is 20.4 Å². The summed E-state index contributed by atoms with van der Waals surface area (Å²) in [6, 6.07) is 0. The first-order valence-electron chi connectivity index (χ1n) is 3.38. The second-order valence-corrected chi connectivity index (χ2v) is 3.62. The van der Waals surface area contributed by atoms with Gasteiger partial charge in [0.05, 0.1) is 0 Å². The predicted molar refractivity (Wildman–Crippen MR) is 46.9 cm³/mol. The Balaban J connectivity index is -0.0000000770. The molecule has 78 valence electrons. The van der Waals surface area contributed by atoms with Gasteiger partial charge < -0.3 is 24.9 Å². The number of hydrogen-bond donors (Lipinski definition) is 2. The van der Waals surface area contributed by atoms with Crippen LogP contribution in [0.15, 0.2) is 12.2 Å². The second-order valence-electron chi connectivity index (χ2n) is 2.57. The van der Waals surface area contributed by atoms with Gasteiger partial charge in [-0.3, -0.25) is 4.79 Å². The third kappa shape index (κ3) is 31.3. The molecule has 0 aromatic rings. The van der Waals surface area contributed by atoms with Gasteiger partial charge in [-0.25, -0.2) is 0 Å². The molecule has 0 saturated carbocycles. The zero-order valence-corrected chi connectivity index (χ0v) is 11.6. The summed E-state index contributed by atoms with van der Waals surface area (Å²) in [6.07, 6.45) is 0. The molecule has 0 aliphatic rings. The van der Waals surface area contributed by atoms with Crippen molar-refractivity contribution in [2.75, 3.05) is 0 Å². The Hall–Kier alpha value is 0.631. The molecule has 9 heteroatoms. The summed E-state index contributed by atoms with van der Waals surface area (Å²) in [7, 11) is -5.36. The molecule has 3 N–H and O–H groups in total. The third-order valence-corrected chi connectivity index (χ3v) is 1.01. The zero-order valence-electron chi connectivity index (χ0n) is 9.15. The van der Waals surface area contributed by atoms with E-state index < -0.39 is 15.0 Å². The Morgan fingerprint density at radius 1 is 1.40 bits per heavy atom. The first-order chi connectivity index (χ1) is 5.55. The van der Waals surface area contributed by atoms with Crippen LogP contribution in [0.5, 0.6) is 0 Å². The van der Waals surface area contributed by atoms with Gasteiger partial charge in [0.25, 0.3) is 0 Å². The summed E-state index contributed by atoms with van der Waals surface area (Å²) in [5, 5.41) is 0. The first-order valence-corrected chi connectivity index (χ1v) is 5.05. The molecule has 0 rings (SSSR count). The van der Waals surface area contributed by atoms with Crippen molar-refractivity contribution in [3.8, 4) is 0 Å². The van der Waals surface area contributed by atoms with E-state index in [1.54, 1.807) is 0 Å². The van der Waals surface area contributed by atoms with Crippen LogP contribution in [-0.2, 0) is 4.79 Å². The molecule has 0 aromatic carbocycles. The van der Waals surface area contributed by atoms with Gasteiger partial charge in [-0.15, -0.1) is 9.05 Å². The summed E-state index contributed by atoms with van der Waals surface area (Å²) >= 11 is 0. The Bertz CT molecular complexity index is 190. The maximum Gasteiger partial charge on any atom is 2.00 e. The van der Waals surface area contributed by atoms with E-state index in [-0.39, 0.29) is 47.8 Å². The van der Waals surface area contributed by atoms with Crippen molar-refractivity contribution in [2.24, 2.45) is 11.7 Å². The molecule has 15 heavy (non-hydrogen) atoms. The van der Waals surface area contributed by atoms with Gasteiger partial charge in [-0.05, 0) is 5.92 Å². The van der Waals surface area contributed by atoms with Gasteiger partial charge in [0, 0.05) is 5.57 Å². The fraction of sp³-hybridized carbons (Fsp3) is 0.500. The maximum absolute atomic E-state index is 10.3. The largest absolute Gasteiger partial charge is 2.00 e. The molecule has 6 nitrogen and oxygen atoms in total. The molecule has 0 saturated heterocycles. The van der Waals surface area contributed by atoms with Gasteiger partial charge in [-0.2, -0.15) is 0 Å². The van der Waals surface area contributed by atoms with E-state index in [2.05, 4.69) is 6.58 Å². The Labute approximate surface area is 118 Å². The molecule has 1 amide bonds. The van der Waals surface area contributed by atoms with E-state index in [4.69, 9.17) is 24.9 Å². The van der Waals surface area contributed by atoms with Gasteiger partial charge >= 0.3 is 41.9 Å². The number of amides is 1. The third-order valence-electron chi connectivity index (χ3n) is 1.01. The van der Waals surface area contributed by atoms with E-state index in [0.717, 1.165) is 0 Å². The summed E-state index contributed by atoms with van der Waals surface area (Å²) < 4.78 is 0. The van der Waals surface area contributed by atoms with Crippen molar-refractivity contribution in [1.29, 1.82) is 0 Å². The average molecular weight is 237 g/mol. The molecule has 0 radical (unpaired) electrons. The van der Waals surface area contributed by atoms with Crippen molar-refractivity contribution >= 4 is 38.0 Å². The fourth-order valence-corrected chi connectivity index (χ4v) is 0.285. The van der Waals surface area contributed by atoms with E-state index in [1.165, 1.54) is 0 Å². The standard InChI is InChI=1S/C6H11NO.Li.Mg.HO4Si/c1-4(2)5(3)6(7)8;;;1-5(2,3)4/h4H,3H2,1-2H3,(H2,7,8);;;1H/q;+1;+2;-3. The molecular formula is C6H12LiMgNO5Si. The van der Waals surface area contributed by atoms with Crippen molar-refractivity contribution in [3.05, 3.63) is 12.2 Å². The van der Waals surface area contributed by atoms with Gasteiger partial charge in [0.15, 0.2) is 0 Å². The normalized spacial score (nSPS) is 9.00. The minimum Gasteiger partial charge on any atom is -0.861 e. The molecule has 0 bridgehead atoms. The smallest absolute Gasteiger partial charge is 0.861 e. The van der Waals surface area contributed by atoms with Crippen LogP contribution in [0.1, 0.15) is 13.8 Å². The SMILES string of the molecule is C=C(C(N)=O)C(C)C.[Li+].[Mg+2].[O-][Si]([O-])([O-])O. The number of primary amides is 1. The molecular weight excluding hydrogens is 225 g/mol. The molecule has 0 atom stereocenters. The quantitative estimate of drug-likeness (QED) is 0.364. The number of nitrogens with two attached hydrogens (primary N) is 1. The number of rotatable bonds is 2. The van der Waals surface area contributed by atoms with E-state index in [0.29, 0.717) is 5.57 Å². The van der Waals surface area contributed by atoms with Gasteiger partial charge in [0.2, 0.25) is 5.91 Å². The summed E-state index contributed by atoms with van der Waals surface area (Å²) in [5.41, 5.74) is 5.39. The van der Waals surface area contributed by atoms with E-state index >= 15 is 0 Å². The second kappa shape index (κ2) is 11.1. The Morgan fingerprint density at radius 2 is 1.60 bits per heavy atom. The number of carbonyl (C=O) groups excluding carboxylic acids is 1. The number of carbonyl (C=O) groups is 1. The van der Waals surface area contributed by atoms with E-state index in [9.17, 15) is 4.79 Å². The van der Waals surface area contributed by atoms with Crippen molar-refractivity contribution in [2.45, 2.75) is 13.8 Å².